The van der Waals surface area contributed by atoms with Crippen molar-refractivity contribution in [1.82, 2.24) is 9.97 Å². The van der Waals surface area contributed by atoms with Crippen molar-refractivity contribution in [3.05, 3.63) is 47.3 Å². The Balaban J connectivity index is 0.000000677. The van der Waals surface area contributed by atoms with Gasteiger partial charge < -0.3 is 10.2 Å². The van der Waals surface area contributed by atoms with Crippen molar-refractivity contribution < 1.29 is 23.8 Å². The molecular weight excluding hydrogens is 282 g/mol. The minimum absolute atomic E-state index is 0.0231. The smallest absolute Gasteiger partial charge is 0.337 e. The number of aliphatic hydroxyl groups is 1. The van der Waals surface area contributed by atoms with Gasteiger partial charge in [-0.25, -0.2) is 13.6 Å². The minimum atomic E-state index is -1.25. The third-order valence-electron chi connectivity index (χ3n) is 2.55. The van der Waals surface area contributed by atoms with Gasteiger partial charge >= 0.3 is 5.97 Å². The van der Waals surface area contributed by atoms with Crippen LogP contribution in [0.25, 0.3) is 11.1 Å². The fraction of sp³-hybridized carbons (Fsp3) is 0.214. The van der Waals surface area contributed by atoms with Crippen LogP contribution in [-0.2, 0) is 0 Å². The van der Waals surface area contributed by atoms with Gasteiger partial charge in [0.25, 0.3) is 0 Å². The van der Waals surface area contributed by atoms with Crippen LogP contribution in [0.2, 0.25) is 0 Å². The van der Waals surface area contributed by atoms with Gasteiger partial charge in [-0.1, -0.05) is 0 Å². The lowest BCUT2D eigenvalue weighted by atomic mass is 10.0. The summed E-state index contributed by atoms with van der Waals surface area (Å²) >= 11 is 0. The van der Waals surface area contributed by atoms with Gasteiger partial charge in [0.15, 0.2) is 6.86 Å². The van der Waals surface area contributed by atoms with Crippen LogP contribution in [0.15, 0.2) is 24.5 Å². The summed E-state index contributed by atoms with van der Waals surface area (Å²) in [5.41, 5.74) is 1.77. The van der Waals surface area contributed by atoms with Gasteiger partial charge in [0, 0.05) is 28.7 Å². The summed E-state index contributed by atoms with van der Waals surface area (Å²) in [4.78, 5) is 18.9. The molecule has 0 atom stereocenters. The van der Waals surface area contributed by atoms with E-state index < -0.39 is 18.6 Å². The van der Waals surface area contributed by atoms with Gasteiger partial charge in [-0.3, -0.25) is 9.97 Å². The molecule has 7 heteroatoms. The fourth-order valence-corrected chi connectivity index (χ4v) is 1.70. The number of hydrogen-bond donors (Lipinski definition) is 2. The molecule has 2 aromatic rings. The molecule has 0 aliphatic heterocycles. The highest BCUT2D eigenvalue weighted by molar-refractivity contribution is 5.95. The standard InChI is InChI=1S/C13H11FN2O2.CH3FO/c1-7-3-9(11(5-15-7)13(17)18)10-4-8(2)16-6-12(10)14;2-1-3/h3-6H,1-2H3,(H,17,18);3H,1H2. The highest BCUT2D eigenvalue weighted by Gasteiger charge is 2.16. The first kappa shape index (κ1) is 16.6. The van der Waals surface area contributed by atoms with Crippen LogP contribution < -0.4 is 0 Å². The highest BCUT2D eigenvalue weighted by Crippen LogP contribution is 2.26. The third-order valence-corrected chi connectivity index (χ3v) is 2.55. The Hall–Kier alpha value is -2.41. The molecule has 2 N–H and O–H groups in total. The SMILES string of the molecule is Cc1cc(-c2cc(C)ncc2C(=O)O)c(F)cn1.OCF. The zero-order valence-corrected chi connectivity index (χ0v) is 11.5. The Morgan fingerprint density at radius 1 is 1.14 bits per heavy atom. The summed E-state index contributed by atoms with van der Waals surface area (Å²) in [6, 6.07) is 3.08. The number of aromatic carboxylic acids is 1. The van der Waals surface area contributed by atoms with Crippen LogP contribution in [0, 0.1) is 19.7 Å². The molecule has 21 heavy (non-hydrogen) atoms. The van der Waals surface area contributed by atoms with Gasteiger partial charge in [0.05, 0.1) is 11.8 Å². The van der Waals surface area contributed by atoms with Crippen molar-refractivity contribution in [2.45, 2.75) is 13.8 Å². The molecule has 0 saturated heterocycles. The van der Waals surface area contributed by atoms with Crippen molar-refractivity contribution >= 4 is 5.97 Å². The van der Waals surface area contributed by atoms with Crippen LogP contribution >= 0.6 is 0 Å². The van der Waals surface area contributed by atoms with Crippen LogP contribution in [0.5, 0.6) is 0 Å². The van der Waals surface area contributed by atoms with E-state index in [-0.39, 0.29) is 11.1 Å². The van der Waals surface area contributed by atoms with Crippen molar-refractivity contribution in [2.24, 2.45) is 0 Å². The molecule has 0 fully saturated rings. The quantitative estimate of drug-likeness (QED) is 0.889. The van der Waals surface area contributed by atoms with E-state index in [9.17, 15) is 13.6 Å². The Labute approximate surface area is 119 Å². The molecule has 0 unspecified atom stereocenters. The number of carboxylic acid groups (broad SMARTS) is 1. The minimum Gasteiger partial charge on any atom is -0.478 e. The Morgan fingerprint density at radius 3 is 2.14 bits per heavy atom. The molecule has 5 nitrogen and oxygen atoms in total. The molecule has 0 aliphatic rings. The van der Waals surface area contributed by atoms with Crippen molar-refractivity contribution in [2.75, 3.05) is 6.86 Å². The van der Waals surface area contributed by atoms with Gasteiger partial charge in [0.1, 0.15) is 5.82 Å². The first-order valence-corrected chi connectivity index (χ1v) is 5.90. The molecule has 0 aromatic carbocycles. The number of pyridine rings is 2. The predicted octanol–water partition coefficient (Wildman–Crippen LogP) is 2.50. The van der Waals surface area contributed by atoms with E-state index in [0.717, 1.165) is 6.20 Å². The largest absolute Gasteiger partial charge is 0.478 e. The molecule has 0 bridgehead atoms. The predicted molar refractivity (Wildman–Crippen MR) is 72.1 cm³/mol. The number of carboxylic acids is 1. The zero-order chi connectivity index (χ0) is 16.0. The summed E-state index contributed by atoms with van der Waals surface area (Å²) in [5.74, 6) is -1.68. The topological polar surface area (TPSA) is 83.3 Å². The summed E-state index contributed by atoms with van der Waals surface area (Å²) in [6.07, 6.45) is 2.33. The van der Waals surface area contributed by atoms with Gasteiger partial charge in [0.2, 0.25) is 0 Å². The summed E-state index contributed by atoms with van der Waals surface area (Å²) in [5, 5.41) is 16.0. The van der Waals surface area contributed by atoms with Crippen molar-refractivity contribution in [3.8, 4) is 11.1 Å². The number of aryl methyl sites for hydroxylation is 2. The number of rotatable bonds is 2. The van der Waals surface area contributed by atoms with E-state index in [1.54, 1.807) is 19.9 Å². The number of aliphatic hydroxyl groups excluding tert-OH is 1. The lowest BCUT2D eigenvalue weighted by Gasteiger charge is -2.08. The first-order chi connectivity index (χ1) is 9.90. The average molecular weight is 296 g/mol. The maximum atomic E-state index is 13.8. The second-order valence-corrected chi connectivity index (χ2v) is 4.10. The van der Waals surface area contributed by atoms with E-state index >= 15 is 0 Å². The van der Waals surface area contributed by atoms with Crippen LogP contribution in [0.3, 0.4) is 0 Å². The zero-order valence-electron chi connectivity index (χ0n) is 11.5. The van der Waals surface area contributed by atoms with E-state index in [1.807, 2.05) is 0 Å². The molecule has 112 valence electrons. The van der Waals surface area contributed by atoms with Crippen molar-refractivity contribution in [1.29, 1.82) is 0 Å². The Kier molecular flexibility index (Phi) is 5.86. The Bertz CT molecular complexity index is 648. The van der Waals surface area contributed by atoms with E-state index in [2.05, 4.69) is 9.97 Å². The second kappa shape index (κ2) is 7.39. The number of carbonyl (C=O) groups is 1. The molecule has 2 rings (SSSR count). The van der Waals surface area contributed by atoms with Crippen molar-refractivity contribution in [3.63, 3.8) is 0 Å². The summed E-state index contributed by atoms with van der Waals surface area (Å²) in [6.45, 7) is 2.19. The third kappa shape index (κ3) is 4.28. The van der Waals surface area contributed by atoms with E-state index in [0.29, 0.717) is 17.0 Å². The average Bonchev–Trinajstić information content (AvgIpc) is 2.42. The maximum absolute atomic E-state index is 13.8. The molecular formula is C14H14F2N2O3. The Morgan fingerprint density at radius 2 is 1.62 bits per heavy atom. The molecule has 0 aliphatic carbocycles. The van der Waals surface area contributed by atoms with Crippen LogP contribution in [-0.4, -0.2) is 33.0 Å². The van der Waals surface area contributed by atoms with Gasteiger partial charge in [-0.15, -0.1) is 0 Å². The van der Waals surface area contributed by atoms with Gasteiger partial charge in [-0.05, 0) is 26.0 Å². The lowest BCUT2D eigenvalue weighted by molar-refractivity contribution is 0.0697. The number of hydrogen-bond acceptors (Lipinski definition) is 4. The second-order valence-electron chi connectivity index (χ2n) is 4.10. The molecule has 0 spiro atoms. The molecule has 0 radical (unpaired) electrons. The lowest BCUT2D eigenvalue weighted by Crippen LogP contribution is -2.03. The highest BCUT2D eigenvalue weighted by atomic mass is 19.1. The summed E-state index contributed by atoms with van der Waals surface area (Å²) < 4.78 is 23.6. The van der Waals surface area contributed by atoms with E-state index in [1.165, 1.54) is 12.3 Å². The fourth-order valence-electron chi connectivity index (χ4n) is 1.70. The number of alkyl halides is 1. The molecule has 0 saturated carbocycles. The monoisotopic (exact) mass is 296 g/mol. The number of aromatic nitrogens is 2. The molecule has 2 aromatic heterocycles. The van der Waals surface area contributed by atoms with Gasteiger partial charge in [-0.2, -0.15) is 0 Å². The maximum Gasteiger partial charge on any atom is 0.337 e. The summed E-state index contributed by atoms with van der Waals surface area (Å²) in [7, 11) is 0. The van der Waals surface area contributed by atoms with Crippen LogP contribution in [0.4, 0.5) is 8.78 Å². The first-order valence-electron chi connectivity index (χ1n) is 5.90. The van der Waals surface area contributed by atoms with E-state index in [4.69, 9.17) is 10.2 Å². The normalized spacial score (nSPS) is 9.76. The number of nitrogens with zero attached hydrogens (tertiary/aromatic N) is 2. The van der Waals surface area contributed by atoms with Crippen LogP contribution in [0.1, 0.15) is 21.7 Å². The molecule has 0 amide bonds. The number of halogens is 2. The molecule has 2 heterocycles.